The predicted octanol–water partition coefficient (Wildman–Crippen LogP) is 11.1. The fourth-order valence-corrected chi connectivity index (χ4v) is 7.99. The Labute approximate surface area is 334 Å². The van der Waals surface area contributed by atoms with E-state index < -0.39 is 0 Å². The molecule has 0 radical (unpaired) electrons. The quantitative estimate of drug-likeness (QED) is 0.145. The van der Waals surface area contributed by atoms with Gasteiger partial charge in [-0.05, 0) is 97.1 Å². The van der Waals surface area contributed by atoms with Crippen LogP contribution in [-0.2, 0) is 0 Å². The number of rotatable bonds is 9. The van der Waals surface area contributed by atoms with Crippen LogP contribution in [0.25, 0.3) is 89.2 Å². The van der Waals surface area contributed by atoms with Crippen LogP contribution in [0.3, 0.4) is 0 Å². The van der Waals surface area contributed by atoms with Crippen LogP contribution in [0.4, 0.5) is 0 Å². The van der Waals surface area contributed by atoms with E-state index in [-0.39, 0.29) is 0 Å². The van der Waals surface area contributed by atoms with Crippen LogP contribution < -0.4 is 18.9 Å². The van der Waals surface area contributed by atoms with Gasteiger partial charge in [0.1, 0.15) is 23.0 Å². The zero-order chi connectivity index (χ0) is 39.3. The highest BCUT2D eigenvalue weighted by Crippen LogP contribution is 2.40. The van der Waals surface area contributed by atoms with Crippen molar-refractivity contribution >= 4 is 43.6 Å². The fraction of sp³-hybridized carbons (Fsp3) is 0.0816. The Morgan fingerprint density at radius 3 is 1.31 bits per heavy atom. The lowest BCUT2D eigenvalue weighted by molar-refractivity contribution is 0.415. The summed E-state index contributed by atoms with van der Waals surface area (Å²) in [4.78, 5) is 15.5. The van der Waals surface area contributed by atoms with E-state index >= 15 is 0 Å². The molecule has 0 atom stereocenters. The zero-order valence-corrected chi connectivity index (χ0v) is 32.3. The van der Waals surface area contributed by atoms with E-state index in [1.807, 2.05) is 66.7 Å². The van der Waals surface area contributed by atoms with E-state index in [1.165, 1.54) is 0 Å². The average molecular weight is 760 g/mol. The molecule has 0 aliphatic heterocycles. The molecule has 10 aromatic rings. The first-order valence-electron chi connectivity index (χ1n) is 18.9. The molecule has 0 aliphatic carbocycles. The van der Waals surface area contributed by atoms with Gasteiger partial charge in [0.25, 0.3) is 0 Å². The number of fused-ring (bicyclic) bond motifs is 6. The number of methoxy groups -OCH3 is 4. The van der Waals surface area contributed by atoms with E-state index in [1.54, 1.807) is 28.4 Å². The van der Waals surface area contributed by atoms with Crippen LogP contribution in [0.5, 0.6) is 23.0 Å². The number of aromatic nitrogens is 5. The van der Waals surface area contributed by atoms with Crippen LogP contribution in [0.1, 0.15) is 0 Å². The van der Waals surface area contributed by atoms with Crippen molar-refractivity contribution in [2.75, 3.05) is 28.4 Å². The summed E-state index contributed by atoms with van der Waals surface area (Å²) in [7, 11) is 6.75. The molecule has 3 heterocycles. The second kappa shape index (κ2) is 14.1. The molecule has 282 valence electrons. The molecule has 0 saturated heterocycles. The third kappa shape index (κ3) is 5.75. The topological polar surface area (TPSA) is 85.5 Å². The van der Waals surface area contributed by atoms with E-state index in [0.29, 0.717) is 17.5 Å². The molecule has 0 fully saturated rings. The second-order valence-corrected chi connectivity index (χ2v) is 13.9. The van der Waals surface area contributed by atoms with E-state index in [0.717, 1.165) is 94.7 Å². The van der Waals surface area contributed by atoms with E-state index in [9.17, 15) is 0 Å². The third-order valence-corrected chi connectivity index (χ3v) is 10.8. The first-order chi connectivity index (χ1) is 28.5. The molecule has 0 bridgehead atoms. The van der Waals surface area contributed by atoms with Crippen LogP contribution in [-0.4, -0.2) is 52.5 Å². The van der Waals surface area contributed by atoms with Gasteiger partial charge in [-0.1, -0.05) is 54.6 Å². The summed E-state index contributed by atoms with van der Waals surface area (Å²) in [5, 5.41) is 4.21. The van der Waals surface area contributed by atoms with Gasteiger partial charge in [-0.2, -0.15) is 0 Å². The van der Waals surface area contributed by atoms with E-state index in [2.05, 4.69) is 94.1 Å². The summed E-state index contributed by atoms with van der Waals surface area (Å²) in [6, 6.07) is 51.3. The number of hydrogen-bond acceptors (Lipinski definition) is 7. The molecule has 3 aromatic heterocycles. The predicted molar refractivity (Wildman–Crippen MR) is 231 cm³/mol. The normalized spacial score (nSPS) is 11.4. The monoisotopic (exact) mass is 759 g/mol. The first kappa shape index (κ1) is 34.8. The molecule has 0 N–H and O–H groups in total. The maximum absolute atomic E-state index is 5.66. The van der Waals surface area contributed by atoms with Gasteiger partial charge < -0.3 is 28.1 Å². The highest BCUT2D eigenvalue weighted by molar-refractivity contribution is 6.11. The Morgan fingerprint density at radius 1 is 0.362 bits per heavy atom. The van der Waals surface area contributed by atoms with Crippen molar-refractivity contribution in [2.45, 2.75) is 0 Å². The van der Waals surface area contributed by atoms with Gasteiger partial charge in [-0.3, -0.25) is 0 Å². The SMILES string of the molecule is COc1ccc2c(c1)c1cc(OC)ccc1n2-c1cccc(-c2nc(-c3ccccc3)nc(-c3ccccc3-n3c4ccc(OC)cc4c4cc(OC)ccc43)n2)c1. The van der Waals surface area contributed by atoms with Gasteiger partial charge in [0.05, 0.1) is 56.2 Å². The standard InChI is InChI=1S/C49H37N5O4/c1-55-33-17-21-43-38(26-33)39-27-34(56-2)18-22-44(39)53(43)32-14-10-13-31(25-32)48-50-47(30-11-6-5-7-12-30)51-49(52-48)37-15-8-9-16-42(37)54-45-23-19-35(57-3)28-40(45)41-29-36(58-4)20-24-46(41)54/h5-29H,1-4H3. The van der Waals surface area contributed by atoms with Crippen molar-refractivity contribution in [3.63, 3.8) is 0 Å². The minimum atomic E-state index is 0.554. The Kier molecular flexibility index (Phi) is 8.48. The highest BCUT2D eigenvalue weighted by atomic mass is 16.5. The summed E-state index contributed by atoms with van der Waals surface area (Å²) in [5.74, 6) is 4.82. The molecule has 0 amide bonds. The van der Waals surface area contributed by atoms with Gasteiger partial charge >= 0.3 is 0 Å². The number of nitrogens with zero attached hydrogens (tertiary/aromatic N) is 5. The lowest BCUT2D eigenvalue weighted by Gasteiger charge is -2.15. The summed E-state index contributed by atoms with van der Waals surface area (Å²) < 4.78 is 27.1. The number of hydrogen-bond donors (Lipinski definition) is 0. The summed E-state index contributed by atoms with van der Waals surface area (Å²) in [5.41, 5.74) is 8.61. The Bertz CT molecular complexity index is 3070. The molecular formula is C49H37N5O4. The molecular weight excluding hydrogens is 723 g/mol. The molecule has 0 unspecified atom stereocenters. The molecule has 0 saturated carbocycles. The Morgan fingerprint density at radius 2 is 0.793 bits per heavy atom. The molecule has 7 aromatic carbocycles. The summed E-state index contributed by atoms with van der Waals surface area (Å²) in [6.45, 7) is 0. The minimum absolute atomic E-state index is 0.554. The van der Waals surface area contributed by atoms with Crippen molar-refractivity contribution in [2.24, 2.45) is 0 Å². The van der Waals surface area contributed by atoms with Crippen molar-refractivity contribution in [1.29, 1.82) is 0 Å². The maximum Gasteiger partial charge on any atom is 0.166 e. The number of benzene rings is 7. The van der Waals surface area contributed by atoms with Gasteiger partial charge in [-0.15, -0.1) is 0 Å². The van der Waals surface area contributed by atoms with Gasteiger partial charge in [0.15, 0.2) is 17.5 Å². The van der Waals surface area contributed by atoms with E-state index in [4.69, 9.17) is 33.9 Å². The highest BCUT2D eigenvalue weighted by Gasteiger charge is 2.21. The van der Waals surface area contributed by atoms with Crippen molar-refractivity contribution in [3.05, 3.63) is 152 Å². The fourth-order valence-electron chi connectivity index (χ4n) is 7.99. The molecule has 10 rings (SSSR count). The van der Waals surface area contributed by atoms with Crippen molar-refractivity contribution < 1.29 is 18.9 Å². The third-order valence-electron chi connectivity index (χ3n) is 10.8. The van der Waals surface area contributed by atoms with Crippen LogP contribution >= 0.6 is 0 Å². The summed E-state index contributed by atoms with van der Waals surface area (Å²) in [6.07, 6.45) is 0. The second-order valence-electron chi connectivity index (χ2n) is 13.9. The smallest absolute Gasteiger partial charge is 0.166 e. The van der Waals surface area contributed by atoms with Crippen LogP contribution in [0.15, 0.2) is 152 Å². The average Bonchev–Trinajstić information content (AvgIpc) is 3.80. The van der Waals surface area contributed by atoms with Gasteiger partial charge in [0.2, 0.25) is 0 Å². The lowest BCUT2D eigenvalue weighted by Crippen LogP contribution is -2.04. The van der Waals surface area contributed by atoms with Crippen LogP contribution in [0, 0.1) is 0 Å². The van der Waals surface area contributed by atoms with Crippen LogP contribution in [0.2, 0.25) is 0 Å². The molecule has 0 spiro atoms. The molecule has 58 heavy (non-hydrogen) atoms. The summed E-state index contributed by atoms with van der Waals surface area (Å²) >= 11 is 0. The Hall–Kier alpha value is -7.65. The first-order valence-corrected chi connectivity index (χ1v) is 18.9. The molecule has 9 heteroatoms. The lowest BCUT2D eigenvalue weighted by atomic mass is 10.1. The Balaban J connectivity index is 1.18. The van der Waals surface area contributed by atoms with Gasteiger partial charge in [-0.25, -0.2) is 15.0 Å². The zero-order valence-electron chi connectivity index (χ0n) is 32.3. The van der Waals surface area contributed by atoms with Crippen molar-refractivity contribution in [1.82, 2.24) is 24.1 Å². The minimum Gasteiger partial charge on any atom is -0.497 e. The van der Waals surface area contributed by atoms with Crippen molar-refractivity contribution in [3.8, 4) is 68.5 Å². The number of para-hydroxylation sites is 1. The largest absolute Gasteiger partial charge is 0.497 e. The molecule has 9 nitrogen and oxygen atoms in total. The number of ether oxygens (including phenoxy) is 4. The van der Waals surface area contributed by atoms with Gasteiger partial charge in [0, 0.05) is 43.9 Å². The molecule has 0 aliphatic rings. The maximum atomic E-state index is 5.66.